The van der Waals surface area contributed by atoms with Gasteiger partial charge in [-0.15, -0.1) is 0 Å². The van der Waals surface area contributed by atoms with Gasteiger partial charge in [0, 0.05) is 23.9 Å². The van der Waals surface area contributed by atoms with Gasteiger partial charge >= 0.3 is 0 Å². The molecule has 1 amide bonds. The Balaban J connectivity index is 1.56. The SMILES string of the molecule is Cc1n[nH]c(C)c1CNC(=O)c1cc(COc2cccc(F)c2)[nH]n1. The van der Waals surface area contributed by atoms with Crippen molar-refractivity contribution in [2.75, 3.05) is 0 Å². The van der Waals surface area contributed by atoms with E-state index in [0.717, 1.165) is 17.0 Å². The molecule has 2 aromatic heterocycles. The predicted molar refractivity (Wildman–Crippen MR) is 88.6 cm³/mol. The minimum atomic E-state index is -0.369. The lowest BCUT2D eigenvalue weighted by Gasteiger charge is -2.04. The fraction of sp³-hybridized carbons (Fsp3) is 0.235. The van der Waals surface area contributed by atoms with Crippen LogP contribution in [0, 0.1) is 19.7 Å². The molecule has 0 radical (unpaired) electrons. The lowest BCUT2D eigenvalue weighted by atomic mass is 10.2. The van der Waals surface area contributed by atoms with Crippen molar-refractivity contribution in [3.05, 3.63) is 64.5 Å². The van der Waals surface area contributed by atoms with Crippen molar-refractivity contribution in [2.24, 2.45) is 0 Å². The summed E-state index contributed by atoms with van der Waals surface area (Å²) in [7, 11) is 0. The number of nitrogens with one attached hydrogen (secondary N) is 3. The van der Waals surface area contributed by atoms with Gasteiger partial charge in [-0.2, -0.15) is 10.2 Å². The van der Waals surface area contributed by atoms with E-state index in [1.807, 2.05) is 13.8 Å². The van der Waals surface area contributed by atoms with E-state index in [9.17, 15) is 9.18 Å². The van der Waals surface area contributed by atoms with Crippen molar-refractivity contribution >= 4 is 5.91 Å². The number of H-pyrrole nitrogens is 2. The van der Waals surface area contributed by atoms with Crippen molar-refractivity contribution in [1.82, 2.24) is 25.7 Å². The lowest BCUT2D eigenvalue weighted by molar-refractivity contribution is 0.0946. The predicted octanol–water partition coefficient (Wildman–Crippen LogP) is 2.40. The number of hydrogen-bond acceptors (Lipinski definition) is 4. The van der Waals surface area contributed by atoms with E-state index in [-0.39, 0.29) is 24.0 Å². The first-order chi connectivity index (χ1) is 12.0. The van der Waals surface area contributed by atoms with Crippen LogP contribution < -0.4 is 10.1 Å². The van der Waals surface area contributed by atoms with Crippen LogP contribution in [0.5, 0.6) is 5.75 Å². The highest BCUT2D eigenvalue weighted by molar-refractivity contribution is 5.92. The van der Waals surface area contributed by atoms with Crippen LogP contribution in [-0.4, -0.2) is 26.3 Å². The highest BCUT2D eigenvalue weighted by atomic mass is 19.1. The highest BCUT2D eigenvalue weighted by Gasteiger charge is 2.13. The molecule has 0 saturated heterocycles. The van der Waals surface area contributed by atoms with Crippen LogP contribution in [0.2, 0.25) is 0 Å². The largest absolute Gasteiger partial charge is 0.487 e. The fourth-order valence-corrected chi connectivity index (χ4v) is 2.36. The van der Waals surface area contributed by atoms with E-state index in [1.54, 1.807) is 18.2 Å². The number of carbonyl (C=O) groups excluding carboxylic acids is 1. The number of amides is 1. The maximum atomic E-state index is 13.1. The first-order valence-corrected chi connectivity index (χ1v) is 7.74. The summed E-state index contributed by atoms with van der Waals surface area (Å²) in [6.07, 6.45) is 0. The molecule has 130 valence electrons. The second kappa shape index (κ2) is 7.16. The zero-order chi connectivity index (χ0) is 17.8. The molecule has 3 aromatic rings. The van der Waals surface area contributed by atoms with Crippen molar-refractivity contribution in [3.8, 4) is 5.75 Å². The van der Waals surface area contributed by atoms with Crippen LogP contribution in [0.25, 0.3) is 0 Å². The number of halogens is 1. The molecular formula is C17H18FN5O2. The topological polar surface area (TPSA) is 95.7 Å². The number of rotatable bonds is 6. The average Bonchev–Trinajstić information content (AvgIpc) is 3.19. The zero-order valence-corrected chi connectivity index (χ0v) is 13.9. The number of benzene rings is 1. The Morgan fingerprint density at radius 2 is 2.08 bits per heavy atom. The van der Waals surface area contributed by atoms with E-state index in [2.05, 4.69) is 25.7 Å². The van der Waals surface area contributed by atoms with Crippen molar-refractivity contribution < 1.29 is 13.9 Å². The van der Waals surface area contributed by atoms with E-state index in [0.29, 0.717) is 18.0 Å². The number of aryl methyl sites for hydroxylation is 2. The van der Waals surface area contributed by atoms with Crippen LogP contribution in [0.1, 0.15) is 33.1 Å². The summed E-state index contributed by atoms with van der Waals surface area (Å²) in [6, 6.07) is 7.46. The van der Waals surface area contributed by atoms with Gasteiger partial charge in [-0.25, -0.2) is 4.39 Å². The molecule has 0 atom stereocenters. The summed E-state index contributed by atoms with van der Waals surface area (Å²) in [5.41, 5.74) is 3.60. The van der Waals surface area contributed by atoms with Crippen LogP contribution in [0.15, 0.2) is 30.3 Å². The van der Waals surface area contributed by atoms with E-state index in [4.69, 9.17) is 4.74 Å². The summed E-state index contributed by atoms with van der Waals surface area (Å²) in [6.45, 7) is 4.30. The molecule has 25 heavy (non-hydrogen) atoms. The highest BCUT2D eigenvalue weighted by Crippen LogP contribution is 2.14. The fourth-order valence-electron chi connectivity index (χ4n) is 2.36. The number of aromatic nitrogens is 4. The third-order valence-corrected chi connectivity index (χ3v) is 3.76. The molecule has 2 heterocycles. The molecule has 0 aliphatic heterocycles. The normalized spacial score (nSPS) is 10.7. The molecule has 0 aliphatic carbocycles. The Morgan fingerprint density at radius 1 is 1.24 bits per heavy atom. The second-order valence-electron chi connectivity index (χ2n) is 5.62. The quantitative estimate of drug-likeness (QED) is 0.640. The third kappa shape index (κ3) is 4.03. The summed E-state index contributed by atoms with van der Waals surface area (Å²) in [4.78, 5) is 12.2. The minimum Gasteiger partial charge on any atom is -0.487 e. The van der Waals surface area contributed by atoms with Crippen LogP contribution in [0.4, 0.5) is 4.39 Å². The number of ether oxygens (including phenoxy) is 1. The Hall–Kier alpha value is -3.16. The molecule has 8 heteroatoms. The first kappa shape index (κ1) is 16.7. The summed E-state index contributed by atoms with van der Waals surface area (Å²) < 4.78 is 18.6. The van der Waals surface area contributed by atoms with Crippen LogP contribution >= 0.6 is 0 Å². The van der Waals surface area contributed by atoms with Crippen molar-refractivity contribution in [2.45, 2.75) is 27.0 Å². The zero-order valence-electron chi connectivity index (χ0n) is 13.9. The molecule has 0 fully saturated rings. The Labute approximate surface area is 143 Å². The van der Waals surface area contributed by atoms with Crippen LogP contribution in [-0.2, 0) is 13.2 Å². The van der Waals surface area contributed by atoms with Crippen molar-refractivity contribution in [1.29, 1.82) is 0 Å². The van der Waals surface area contributed by atoms with Gasteiger partial charge in [-0.05, 0) is 32.0 Å². The molecule has 3 N–H and O–H groups in total. The Morgan fingerprint density at radius 3 is 2.80 bits per heavy atom. The average molecular weight is 343 g/mol. The molecule has 0 saturated carbocycles. The number of carbonyl (C=O) groups is 1. The van der Waals surface area contributed by atoms with Gasteiger partial charge in [0.2, 0.25) is 0 Å². The van der Waals surface area contributed by atoms with Crippen LogP contribution in [0.3, 0.4) is 0 Å². The number of aromatic amines is 2. The molecule has 0 spiro atoms. The Bertz CT molecular complexity index is 867. The molecule has 3 rings (SSSR count). The Kier molecular flexibility index (Phi) is 4.78. The van der Waals surface area contributed by atoms with E-state index >= 15 is 0 Å². The van der Waals surface area contributed by atoms with Gasteiger partial charge in [-0.3, -0.25) is 15.0 Å². The maximum Gasteiger partial charge on any atom is 0.272 e. The molecule has 0 bridgehead atoms. The monoisotopic (exact) mass is 343 g/mol. The second-order valence-corrected chi connectivity index (χ2v) is 5.62. The van der Waals surface area contributed by atoms with Gasteiger partial charge in [0.1, 0.15) is 23.9 Å². The third-order valence-electron chi connectivity index (χ3n) is 3.76. The first-order valence-electron chi connectivity index (χ1n) is 7.74. The van der Waals surface area contributed by atoms with Gasteiger partial charge in [0.15, 0.2) is 0 Å². The number of nitrogens with zero attached hydrogens (tertiary/aromatic N) is 2. The maximum absolute atomic E-state index is 13.1. The van der Waals surface area contributed by atoms with Crippen molar-refractivity contribution in [3.63, 3.8) is 0 Å². The smallest absolute Gasteiger partial charge is 0.272 e. The van der Waals surface area contributed by atoms with Gasteiger partial charge in [-0.1, -0.05) is 6.07 Å². The lowest BCUT2D eigenvalue weighted by Crippen LogP contribution is -2.23. The summed E-state index contributed by atoms with van der Waals surface area (Å²) in [5.74, 6) is -0.258. The van der Waals surface area contributed by atoms with E-state index < -0.39 is 0 Å². The molecule has 1 aromatic carbocycles. The van der Waals surface area contributed by atoms with E-state index in [1.165, 1.54) is 12.1 Å². The molecule has 0 aliphatic rings. The molecular weight excluding hydrogens is 325 g/mol. The number of hydrogen-bond donors (Lipinski definition) is 3. The molecule has 0 unspecified atom stereocenters. The summed E-state index contributed by atoms with van der Waals surface area (Å²) >= 11 is 0. The van der Waals surface area contributed by atoms with Gasteiger partial charge in [0.05, 0.1) is 11.4 Å². The van der Waals surface area contributed by atoms with Gasteiger partial charge < -0.3 is 10.1 Å². The minimum absolute atomic E-state index is 0.156. The molecule has 7 nitrogen and oxygen atoms in total. The van der Waals surface area contributed by atoms with Gasteiger partial charge in [0.25, 0.3) is 5.91 Å². The standard InChI is InChI=1S/C17H18FN5O2/c1-10-15(11(2)21-20-10)8-19-17(24)16-7-13(22-23-16)9-25-14-5-3-4-12(18)6-14/h3-7H,8-9H2,1-2H3,(H,19,24)(H,20,21)(H,22,23). The summed E-state index contributed by atoms with van der Waals surface area (Å²) in [5, 5.41) is 16.5.